The van der Waals surface area contributed by atoms with E-state index in [1.807, 2.05) is 47.8 Å². The van der Waals surface area contributed by atoms with Crippen LogP contribution in [0.15, 0.2) is 36.7 Å². The van der Waals surface area contributed by atoms with Crippen LogP contribution in [0.25, 0.3) is 5.69 Å². The summed E-state index contributed by atoms with van der Waals surface area (Å²) in [5.74, 6) is 0. The van der Waals surface area contributed by atoms with Gasteiger partial charge in [0.05, 0.1) is 6.61 Å². The molecule has 0 fully saturated rings. The molecule has 1 aromatic heterocycles. The number of fused-ring (bicyclic) bond motifs is 1. The van der Waals surface area contributed by atoms with Crippen molar-refractivity contribution in [2.75, 3.05) is 6.61 Å². The number of nitrogens with zero attached hydrogens (tertiary/aromatic N) is 3. The van der Waals surface area contributed by atoms with Gasteiger partial charge in [0.15, 0.2) is 0 Å². The zero-order valence-electron chi connectivity index (χ0n) is 7.88. The number of hydrogen-bond acceptors (Lipinski definition) is 2. The van der Waals surface area contributed by atoms with Gasteiger partial charge in [-0.25, -0.2) is 0 Å². The SMILES string of the molecule is [Eu].c1ccc(-n2c[n+]3c(n2)OC[CH-]3)cc1. The van der Waals surface area contributed by atoms with Crippen LogP contribution in [0.5, 0.6) is 6.01 Å². The topological polar surface area (TPSA) is 30.9 Å². The van der Waals surface area contributed by atoms with Crippen molar-refractivity contribution in [3.05, 3.63) is 43.2 Å². The Kier molecular flexibility index (Phi) is 3.43. The number of rotatable bonds is 1. The molecule has 0 unspecified atom stereocenters. The predicted octanol–water partition coefficient (Wildman–Crippen LogP) is 0.562. The van der Waals surface area contributed by atoms with Gasteiger partial charge in [0.1, 0.15) is 12.0 Å². The summed E-state index contributed by atoms with van der Waals surface area (Å²) in [5, 5.41) is 4.29. The molecule has 1 aliphatic rings. The zero-order valence-corrected chi connectivity index (χ0v) is 10.3. The summed E-state index contributed by atoms with van der Waals surface area (Å²) in [7, 11) is 0. The largest absolute Gasteiger partial charge is 0.502 e. The Balaban J connectivity index is 0.000000853. The predicted molar refractivity (Wildman–Crippen MR) is 49.0 cm³/mol. The molecule has 0 amide bonds. The van der Waals surface area contributed by atoms with E-state index >= 15 is 0 Å². The molecule has 2 heterocycles. The Bertz CT molecular complexity index is 433. The van der Waals surface area contributed by atoms with Crippen LogP contribution in [0, 0.1) is 55.9 Å². The average molecular weight is 339 g/mol. The standard InChI is InChI=1S/C10H9N3O.Eu/c1-2-4-9(5-3-1)13-8-12-6-7-14-10(12)11-13;/h1-6,8H,7H2;. The average Bonchev–Trinajstić information content (AvgIpc) is 2.78. The van der Waals surface area contributed by atoms with Gasteiger partial charge in [0, 0.05) is 54.5 Å². The molecule has 1 radical (unpaired) electrons. The molecule has 2 aromatic rings. The molecule has 3 rings (SSSR count). The molecule has 1 aromatic carbocycles. The first-order chi connectivity index (χ1) is 6.93. The first kappa shape index (κ1) is 11.1. The Morgan fingerprint density at radius 1 is 1.33 bits per heavy atom. The van der Waals surface area contributed by atoms with E-state index in [4.69, 9.17) is 4.74 Å². The molecule has 15 heavy (non-hydrogen) atoms. The summed E-state index contributed by atoms with van der Waals surface area (Å²) < 4.78 is 8.95. The number of hydrogen-bond donors (Lipinski definition) is 0. The molecule has 5 heteroatoms. The number of para-hydroxylation sites is 1. The van der Waals surface area contributed by atoms with E-state index in [1.165, 1.54) is 0 Å². The summed E-state index contributed by atoms with van der Waals surface area (Å²) in [4.78, 5) is 0. The number of benzene rings is 1. The minimum Gasteiger partial charge on any atom is -0.502 e. The van der Waals surface area contributed by atoms with E-state index in [0.717, 1.165) is 5.69 Å². The maximum Gasteiger partial charge on any atom is 0.357 e. The third-order valence-corrected chi connectivity index (χ3v) is 2.15. The van der Waals surface area contributed by atoms with Gasteiger partial charge in [-0.2, -0.15) is 0 Å². The van der Waals surface area contributed by atoms with Crippen LogP contribution in [0.4, 0.5) is 0 Å². The van der Waals surface area contributed by atoms with Gasteiger partial charge >= 0.3 is 6.01 Å². The molecule has 1 aliphatic heterocycles. The first-order valence-corrected chi connectivity index (χ1v) is 4.46. The van der Waals surface area contributed by atoms with Gasteiger partial charge in [-0.1, -0.05) is 18.2 Å². The molecular weight excluding hydrogens is 330 g/mol. The minimum atomic E-state index is 0. The third-order valence-electron chi connectivity index (χ3n) is 2.15. The molecule has 77 valence electrons. The first-order valence-electron chi connectivity index (χ1n) is 4.46. The summed E-state index contributed by atoms with van der Waals surface area (Å²) in [6.07, 6.45) is 1.90. The Morgan fingerprint density at radius 2 is 2.13 bits per heavy atom. The molecule has 0 bridgehead atoms. The van der Waals surface area contributed by atoms with Crippen molar-refractivity contribution in [3.8, 4) is 11.7 Å². The molecule has 0 atom stereocenters. The van der Waals surface area contributed by atoms with Crippen molar-refractivity contribution < 1.29 is 58.7 Å². The van der Waals surface area contributed by atoms with Crippen molar-refractivity contribution in [3.63, 3.8) is 0 Å². The quantitative estimate of drug-likeness (QED) is 0.562. The molecule has 0 aliphatic carbocycles. The van der Waals surface area contributed by atoms with E-state index < -0.39 is 0 Å². The van der Waals surface area contributed by atoms with Gasteiger partial charge in [0.25, 0.3) is 0 Å². The fraction of sp³-hybridized carbons (Fsp3) is 0.100. The summed E-state index contributed by atoms with van der Waals surface area (Å²) in [6, 6.07) is 10.6. The van der Waals surface area contributed by atoms with Gasteiger partial charge in [-0.05, 0) is 18.7 Å². The van der Waals surface area contributed by atoms with Gasteiger partial charge in [0.2, 0.25) is 0 Å². The summed E-state index contributed by atoms with van der Waals surface area (Å²) in [6.45, 7) is 2.56. The van der Waals surface area contributed by atoms with Crippen molar-refractivity contribution in [2.24, 2.45) is 0 Å². The maximum absolute atomic E-state index is 5.28. The van der Waals surface area contributed by atoms with E-state index in [-0.39, 0.29) is 49.4 Å². The fourth-order valence-electron chi connectivity index (χ4n) is 1.46. The summed E-state index contributed by atoms with van der Waals surface area (Å²) >= 11 is 0. The van der Waals surface area contributed by atoms with Crippen LogP contribution in [0.2, 0.25) is 0 Å². The van der Waals surface area contributed by atoms with Crippen molar-refractivity contribution >= 4 is 0 Å². The maximum atomic E-state index is 5.28. The van der Waals surface area contributed by atoms with Crippen LogP contribution in [0.3, 0.4) is 0 Å². The Morgan fingerprint density at radius 3 is 2.87 bits per heavy atom. The monoisotopic (exact) mass is 340 g/mol. The van der Waals surface area contributed by atoms with Crippen LogP contribution in [-0.4, -0.2) is 16.4 Å². The van der Waals surface area contributed by atoms with Crippen LogP contribution in [-0.2, 0) is 0 Å². The second-order valence-corrected chi connectivity index (χ2v) is 3.08. The molecule has 0 spiro atoms. The van der Waals surface area contributed by atoms with Crippen molar-refractivity contribution in [1.82, 2.24) is 9.78 Å². The normalized spacial score (nSPS) is 12.3. The van der Waals surface area contributed by atoms with E-state index in [9.17, 15) is 0 Å². The summed E-state index contributed by atoms with van der Waals surface area (Å²) in [5.41, 5.74) is 1.03. The van der Waals surface area contributed by atoms with E-state index in [1.54, 1.807) is 4.68 Å². The molecule has 0 N–H and O–H groups in total. The Hall–Kier alpha value is -0.386. The minimum absolute atomic E-state index is 0. The van der Waals surface area contributed by atoms with Crippen LogP contribution >= 0.6 is 0 Å². The van der Waals surface area contributed by atoms with Gasteiger partial charge in [-0.15, -0.1) is 4.68 Å². The smallest absolute Gasteiger partial charge is 0.357 e. The van der Waals surface area contributed by atoms with Crippen molar-refractivity contribution in [1.29, 1.82) is 0 Å². The molecule has 0 saturated carbocycles. The van der Waals surface area contributed by atoms with Gasteiger partial charge in [-0.3, -0.25) is 0 Å². The van der Waals surface area contributed by atoms with E-state index in [2.05, 4.69) is 5.10 Å². The van der Waals surface area contributed by atoms with Gasteiger partial charge < -0.3 is 9.30 Å². The fourth-order valence-corrected chi connectivity index (χ4v) is 1.46. The second-order valence-electron chi connectivity index (χ2n) is 3.08. The number of ether oxygens (including phenoxy) is 1. The Labute approximate surface area is 128 Å². The second kappa shape index (κ2) is 4.64. The molecule has 4 nitrogen and oxygen atoms in total. The van der Waals surface area contributed by atoms with Crippen molar-refractivity contribution in [2.45, 2.75) is 0 Å². The molecular formula is C10H9EuN3O. The third kappa shape index (κ3) is 2.09. The molecule has 0 saturated heterocycles. The van der Waals surface area contributed by atoms with Crippen LogP contribution in [0.1, 0.15) is 0 Å². The van der Waals surface area contributed by atoms with Crippen LogP contribution < -0.4 is 9.30 Å². The number of aromatic nitrogens is 3. The zero-order chi connectivity index (χ0) is 9.38. The van der Waals surface area contributed by atoms with E-state index in [0.29, 0.717) is 12.6 Å².